The molecule has 0 radical (unpaired) electrons. The van der Waals surface area contributed by atoms with Gasteiger partial charge in [0.25, 0.3) is 0 Å². The van der Waals surface area contributed by atoms with Crippen molar-refractivity contribution in [3.8, 4) is 11.5 Å². The first-order chi connectivity index (χ1) is 8.69. The molecule has 96 valence electrons. The molecule has 3 nitrogen and oxygen atoms in total. The molecule has 18 heavy (non-hydrogen) atoms. The molecule has 0 aromatic heterocycles. The number of ketones is 1. The van der Waals surface area contributed by atoms with E-state index in [1.165, 1.54) is 0 Å². The molecule has 0 bridgehead atoms. The summed E-state index contributed by atoms with van der Waals surface area (Å²) in [5, 5.41) is 9.82. The molecule has 1 aliphatic carbocycles. The second-order valence-electron chi connectivity index (χ2n) is 5.32. The Hall–Kier alpha value is -1.51. The van der Waals surface area contributed by atoms with Gasteiger partial charge in [-0.15, -0.1) is 0 Å². The van der Waals surface area contributed by atoms with E-state index in [1.807, 2.05) is 6.07 Å². The first-order valence-corrected chi connectivity index (χ1v) is 6.73. The van der Waals surface area contributed by atoms with Crippen LogP contribution in [0, 0.1) is 0 Å². The van der Waals surface area contributed by atoms with E-state index in [-0.39, 0.29) is 6.10 Å². The molecule has 1 aromatic rings. The number of aryl methyl sites for hydroxylation is 1. The second kappa shape index (κ2) is 4.30. The van der Waals surface area contributed by atoms with Gasteiger partial charge in [0, 0.05) is 24.3 Å². The maximum Gasteiger partial charge on any atom is 0.136 e. The van der Waals surface area contributed by atoms with Crippen LogP contribution in [-0.2, 0) is 11.2 Å². The van der Waals surface area contributed by atoms with Gasteiger partial charge in [-0.1, -0.05) is 13.3 Å². The highest BCUT2D eigenvalue weighted by molar-refractivity contribution is 5.80. The van der Waals surface area contributed by atoms with Gasteiger partial charge >= 0.3 is 0 Å². The van der Waals surface area contributed by atoms with Gasteiger partial charge in [-0.05, 0) is 30.5 Å². The quantitative estimate of drug-likeness (QED) is 0.872. The van der Waals surface area contributed by atoms with Crippen molar-refractivity contribution in [2.75, 3.05) is 0 Å². The zero-order valence-electron chi connectivity index (χ0n) is 10.6. The Morgan fingerprint density at radius 1 is 1.44 bits per heavy atom. The first kappa shape index (κ1) is 11.6. The largest absolute Gasteiger partial charge is 0.508 e. The van der Waals surface area contributed by atoms with Gasteiger partial charge in [0.2, 0.25) is 0 Å². The van der Waals surface area contributed by atoms with E-state index in [1.54, 1.807) is 6.07 Å². The number of fused-ring (bicyclic) bond motifs is 3. The van der Waals surface area contributed by atoms with Crippen LogP contribution in [0.15, 0.2) is 12.1 Å². The number of benzene rings is 1. The molecule has 1 aromatic carbocycles. The van der Waals surface area contributed by atoms with E-state index in [0.29, 0.717) is 30.3 Å². The molecular formula is C15H18O3. The molecule has 3 rings (SSSR count). The van der Waals surface area contributed by atoms with Crippen molar-refractivity contribution in [3.05, 3.63) is 23.3 Å². The Labute approximate surface area is 107 Å². The minimum atomic E-state index is -0.00124. The number of hydrogen-bond donors (Lipinski definition) is 1. The normalized spacial score (nSPS) is 25.5. The van der Waals surface area contributed by atoms with Crippen LogP contribution in [-0.4, -0.2) is 17.0 Å². The molecule has 3 heteroatoms. The number of hydrogen-bond acceptors (Lipinski definition) is 3. The first-order valence-electron chi connectivity index (χ1n) is 6.73. The van der Waals surface area contributed by atoms with E-state index in [0.717, 1.165) is 36.1 Å². The van der Waals surface area contributed by atoms with Crippen molar-refractivity contribution in [1.29, 1.82) is 0 Å². The lowest BCUT2D eigenvalue weighted by Crippen LogP contribution is -2.27. The summed E-state index contributed by atoms with van der Waals surface area (Å²) >= 11 is 0. The Morgan fingerprint density at radius 2 is 2.28 bits per heavy atom. The van der Waals surface area contributed by atoms with Crippen LogP contribution in [0.4, 0.5) is 0 Å². The summed E-state index contributed by atoms with van der Waals surface area (Å²) in [5.41, 5.74) is 2.19. The summed E-state index contributed by atoms with van der Waals surface area (Å²) in [6.07, 6.45) is 3.94. The number of rotatable bonds is 2. The van der Waals surface area contributed by atoms with Crippen LogP contribution in [0.3, 0.4) is 0 Å². The smallest absolute Gasteiger partial charge is 0.136 e. The van der Waals surface area contributed by atoms with E-state index in [2.05, 4.69) is 6.92 Å². The lowest BCUT2D eigenvalue weighted by Gasteiger charge is -2.22. The highest BCUT2D eigenvalue weighted by Crippen LogP contribution is 2.48. The fourth-order valence-electron chi connectivity index (χ4n) is 3.17. The van der Waals surface area contributed by atoms with Crippen molar-refractivity contribution in [3.63, 3.8) is 0 Å². The highest BCUT2D eigenvalue weighted by atomic mass is 16.5. The third-order valence-electron chi connectivity index (χ3n) is 3.98. The number of aromatic hydroxyl groups is 1. The summed E-state index contributed by atoms with van der Waals surface area (Å²) in [6.45, 7) is 2.11. The average Bonchev–Trinajstić information content (AvgIpc) is 2.67. The molecule has 1 N–H and O–H groups in total. The standard InChI is InChI=1S/C15H18O3/c1-2-3-9-6-11(17)7-13-12-5-4-10(16)8-14(12)18-15(9)13/h6-7,12,14,17H,2-5,8H2,1H3/t12-,14+/m1/s1. The van der Waals surface area contributed by atoms with Gasteiger partial charge < -0.3 is 9.84 Å². The highest BCUT2D eigenvalue weighted by Gasteiger charge is 2.40. The van der Waals surface area contributed by atoms with Crippen LogP contribution in [0.1, 0.15) is 49.7 Å². The molecule has 0 saturated heterocycles. The van der Waals surface area contributed by atoms with Crippen molar-refractivity contribution in [2.45, 2.75) is 51.0 Å². The summed E-state index contributed by atoms with van der Waals surface area (Å²) in [6, 6.07) is 3.61. The second-order valence-corrected chi connectivity index (χ2v) is 5.32. The topological polar surface area (TPSA) is 46.5 Å². The van der Waals surface area contributed by atoms with Crippen LogP contribution in [0.2, 0.25) is 0 Å². The van der Waals surface area contributed by atoms with Gasteiger partial charge in [-0.2, -0.15) is 0 Å². The Kier molecular flexibility index (Phi) is 2.77. The number of ether oxygens (including phenoxy) is 1. The lowest BCUT2D eigenvalue weighted by molar-refractivity contribution is -0.122. The van der Waals surface area contributed by atoms with Gasteiger partial charge in [-0.25, -0.2) is 0 Å². The number of phenols is 1. The maximum absolute atomic E-state index is 11.5. The van der Waals surface area contributed by atoms with Crippen molar-refractivity contribution in [1.82, 2.24) is 0 Å². The van der Waals surface area contributed by atoms with Gasteiger partial charge in [0.15, 0.2) is 0 Å². The predicted molar refractivity (Wildman–Crippen MR) is 68.1 cm³/mol. The molecule has 2 atom stereocenters. The van der Waals surface area contributed by atoms with Crippen LogP contribution in [0.5, 0.6) is 11.5 Å². The summed E-state index contributed by atoms with van der Waals surface area (Å²) < 4.78 is 5.99. The SMILES string of the molecule is CCCc1cc(O)cc2c1O[C@H]1CC(=O)CC[C@H]21. The Morgan fingerprint density at radius 3 is 3.06 bits per heavy atom. The van der Waals surface area contributed by atoms with E-state index < -0.39 is 0 Å². The van der Waals surface area contributed by atoms with E-state index >= 15 is 0 Å². The van der Waals surface area contributed by atoms with E-state index in [9.17, 15) is 9.90 Å². The van der Waals surface area contributed by atoms with Crippen LogP contribution < -0.4 is 4.74 Å². The lowest BCUT2D eigenvalue weighted by atomic mass is 9.82. The number of Topliss-reactive ketones (excluding diaryl/α,β-unsaturated/α-hetero) is 1. The molecule has 0 unspecified atom stereocenters. The number of carbonyl (C=O) groups is 1. The van der Waals surface area contributed by atoms with Crippen molar-refractivity contribution in [2.24, 2.45) is 0 Å². The van der Waals surface area contributed by atoms with Gasteiger partial charge in [0.1, 0.15) is 23.4 Å². The summed E-state index contributed by atoms with van der Waals surface area (Å²) in [5.74, 6) is 1.84. The molecule has 2 aliphatic rings. The molecule has 0 spiro atoms. The fourth-order valence-corrected chi connectivity index (χ4v) is 3.17. The summed E-state index contributed by atoms with van der Waals surface area (Å²) in [7, 11) is 0. The Bertz CT molecular complexity index is 493. The van der Waals surface area contributed by atoms with Gasteiger partial charge in [0.05, 0.1) is 0 Å². The third-order valence-corrected chi connectivity index (χ3v) is 3.98. The zero-order chi connectivity index (χ0) is 12.7. The average molecular weight is 246 g/mol. The van der Waals surface area contributed by atoms with Crippen LogP contribution >= 0.6 is 0 Å². The van der Waals surface area contributed by atoms with E-state index in [4.69, 9.17) is 4.74 Å². The van der Waals surface area contributed by atoms with Gasteiger partial charge in [-0.3, -0.25) is 4.79 Å². The maximum atomic E-state index is 11.5. The molecule has 0 amide bonds. The molecule has 1 heterocycles. The molecule has 1 saturated carbocycles. The van der Waals surface area contributed by atoms with Crippen molar-refractivity contribution >= 4 is 5.78 Å². The number of carbonyl (C=O) groups excluding carboxylic acids is 1. The Balaban J connectivity index is 2.00. The minimum Gasteiger partial charge on any atom is -0.508 e. The third kappa shape index (κ3) is 1.78. The number of phenolic OH excluding ortho intramolecular Hbond substituents is 1. The molecular weight excluding hydrogens is 228 g/mol. The molecule has 1 aliphatic heterocycles. The predicted octanol–water partition coefficient (Wildman–Crippen LogP) is 2.94. The zero-order valence-corrected chi connectivity index (χ0v) is 10.6. The fraction of sp³-hybridized carbons (Fsp3) is 0.533. The monoisotopic (exact) mass is 246 g/mol. The molecule has 1 fully saturated rings. The summed E-state index contributed by atoms with van der Waals surface area (Å²) in [4.78, 5) is 11.5. The van der Waals surface area contributed by atoms with Crippen LogP contribution in [0.25, 0.3) is 0 Å². The van der Waals surface area contributed by atoms with Crippen molar-refractivity contribution < 1.29 is 14.6 Å². The minimum absolute atomic E-state index is 0.00124.